The third-order valence-electron chi connectivity index (χ3n) is 2.67. The standard InChI is InChI=1S/C13H17ClFNO3/c1-13(18,6-7-19-2)8-16-12(17)9-4-3-5-10(14)11(9)15/h3-5,18H,6-8H2,1-2H3,(H,16,17). The van der Waals surface area contributed by atoms with Crippen molar-refractivity contribution in [1.82, 2.24) is 5.32 Å². The van der Waals surface area contributed by atoms with Gasteiger partial charge in [0.2, 0.25) is 0 Å². The first kappa shape index (κ1) is 15.9. The summed E-state index contributed by atoms with van der Waals surface area (Å²) >= 11 is 5.60. The predicted octanol–water partition coefficient (Wildman–Crippen LogP) is 2.00. The Labute approximate surface area is 116 Å². The second kappa shape index (κ2) is 6.84. The zero-order valence-electron chi connectivity index (χ0n) is 10.9. The molecule has 0 saturated carbocycles. The van der Waals surface area contributed by atoms with Crippen molar-refractivity contribution in [3.8, 4) is 0 Å². The molecule has 0 heterocycles. The number of amides is 1. The Morgan fingerprint density at radius 3 is 2.89 bits per heavy atom. The van der Waals surface area contributed by atoms with Gasteiger partial charge in [-0.25, -0.2) is 4.39 Å². The average Bonchev–Trinajstić information content (AvgIpc) is 2.37. The molecule has 1 unspecified atom stereocenters. The molecular formula is C13H17ClFNO3. The number of nitrogens with one attached hydrogen (secondary N) is 1. The maximum atomic E-state index is 13.6. The first-order valence-electron chi connectivity index (χ1n) is 5.81. The van der Waals surface area contributed by atoms with Gasteiger partial charge in [0.05, 0.1) is 16.2 Å². The summed E-state index contributed by atoms with van der Waals surface area (Å²) in [4.78, 5) is 11.8. The van der Waals surface area contributed by atoms with Crippen molar-refractivity contribution in [2.24, 2.45) is 0 Å². The number of ether oxygens (including phenoxy) is 1. The number of carbonyl (C=O) groups is 1. The van der Waals surface area contributed by atoms with E-state index in [1.54, 1.807) is 6.92 Å². The van der Waals surface area contributed by atoms with E-state index in [0.717, 1.165) is 0 Å². The molecule has 19 heavy (non-hydrogen) atoms. The van der Waals surface area contributed by atoms with Gasteiger partial charge in [-0.2, -0.15) is 0 Å². The molecule has 0 aliphatic rings. The minimum Gasteiger partial charge on any atom is -0.388 e. The molecule has 0 aliphatic heterocycles. The van der Waals surface area contributed by atoms with Crippen LogP contribution in [0.1, 0.15) is 23.7 Å². The van der Waals surface area contributed by atoms with Crippen LogP contribution in [0.4, 0.5) is 4.39 Å². The SMILES string of the molecule is COCCC(C)(O)CNC(=O)c1cccc(Cl)c1F. The summed E-state index contributed by atoms with van der Waals surface area (Å²) in [6.45, 7) is 1.94. The van der Waals surface area contributed by atoms with E-state index in [4.69, 9.17) is 16.3 Å². The summed E-state index contributed by atoms with van der Waals surface area (Å²) in [6, 6.07) is 4.19. The van der Waals surface area contributed by atoms with Crippen LogP contribution in [0.3, 0.4) is 0 Å². The molecule has 1 atom stereocenters. The molecule has 1 aromatic carbocycles. The van der Waals surface area contributed by atoms with Crippen molar-refractivity contribution >= 4 is 17.5 Å². The molecule has 0 fully saturated rings. The van der Waals surface area contributed by atoms with Gasteiger partial charge in [-0.05, 0) is 19.1 Å². The van der Waals surface area contributed by atoms with E-state index in [1.165, 1.54) is 25.3 Å². The van der Waals surface area contributed by atoms with E-state index in [1.807, 2.05) is 0 Å². The Balaban J connectivity index is 2.63. The van der Waals surface area contributed by atoms with E-state index in [2.05, 4.69) is 5.32 Å². The van der Waals surface area contributed by atoms with E-state index in [-0.39, 0.29) is 17.1 Å². The quantitative estimate of drug-likeness (QED) is 0.842. The lowest BCUT2D eigenvalue weighted by molar-refractivity contribution is 0.0243. The number of methoxy groups -OCH3 is 1. The third-order valence-corrected chi connectivity index (χ3v) is 2.96. The molecule has 0 aromatic heterocycles. The molecule has 1 rings (SSSR count). The van der Waals surface area contributed by atoms with Gasteiger partial charge in [0, 0.05) is 26.7 Å². The number of carbonyl (C=O) groups excluding carboxylic acids is 1. The number of rotatable bonds is 6. The normalized spacial score (nSPS) is 13.9. The molecule has 106 valence electrons. The summed E-state index contributed by atoms with van der Waals surface area (Å²) in [7, 11) is 1.52. The van der Waals surface area contributed by atoms with Crippen LogP contribution >= 0.6 is 11.6 Å². The van der Waals surface area contributed by atoms with Crippen molar-refractivity contribution in [3.05, 3.63) is 34.6 Å². The van der Waals surface area contributed by atoms with Crippen LogP contribution in [-0.4, -0.2) is 36.9 Å². The summed E-state index contributed by atoms with van der Waals surface area (Å²) in [5.41, 5.74) is -1.25. The van der Waals surface area contributed by atoms with E-state index >= 15 is 0 Å². The highest BCUT2D eigenvalue weighted by Crippen LogP contribution is 2.18. The average molecular weight is 290 g/mol. The number of aliphatic hydroxyl groups is 1. The highest BCUT2D eigenvalue weighted by molar-refractivity contribution is 6.31. The molecule has 0 bridgehead atoms. The van der Waals surface area contributed by atoms with Gasteiger partial charge >= 0.3 is 0 Å². The lowest BCUT2D eigenvalue weighted by atomic mass is 10.0. The van der Waals surface area contributed by atoms with Crippen LogP contribution in [0.25, 0.3) is 0 Å². The van der Waals surface area contributed by atoms with Gasteiger partial charge < -0.3 is 15.2 Å². The molecule has 1 aromatic rings. The molecule has 2 N–H and O–H groups in total. The molecule has 6 heteroatoms. The summed E-state index contributed by atoms with van der Waals surface area (Å²) < 4.78 is 18.5. The fourth-order valence-electron chi connectivity index (χ4n) is 1.46. The number of halogens is 2. The molecule has 1 amide bonds. The second-order valence-electron chi connectivity index (χ2n) is 4.52. The first-order valence-corrected chi connectivity index (χ1v) is 6.19. The Morgan fingerprint density at radius 2 is 2.26 bits per heavy atom. The molecule has 0 radical (unpaired) electrons. The van der Waals surface area contributed by atoms with Crippen molar-refractivity contribution in [2.45, 2.75) is 18.9 Å². The van der Waals surface area contributed by atoms with Gasteiger partial charge in [-0.1, -0.05) is 17.7 Å². The lowest BCUT2D eigenvalue weighted by Crippen LogP contribution is -2.41. The largest absolute Gasteiger partial charge is 0.388 e. The van der Waals surface area contributed by atoms with Crippen molar-refractivity contribution in [2.75, 3.05) is 20.3 Å². The lowest BCUT2D eigenvalue weighted by Gasteiger charge is -2.23. The Kier molecular flexibility index (Phi) is 5.72. The third kappa shape index (κ3) is 4.78. The maximum absolute atomic E-state index is 13.6. The second-order valence-corrected chi connectivity index (χ2v) is 4.93. The van der Waals surface area contributed by atoms with Gasteiger partial charge in [0.15, 0.2) is 5.82 Å². The summed E-state index contributed by atoms with van der Waals surface area (Å²) in [6.07, 6.45) is 0.363. The highest BCUT2D eigenvalue weighted by Gasteiger charge is 2.22. The van der Waals surface area contributed by atoms with Crippen molar-refractivity contribution < 1.29 is 19.0 Å². The smallest absolute Gasteiger partial charge is 0.254 e. The molecule has 4 nitrogen and oxygen atoms in total. The maximum Gasteiger partial charge on any atom is 0.254 e. The number of hydrogen-bond donors (Lipinski definition) is 2. The Bertz CT molecular complexity index is 452. The Hall–Kier alpha value is -1.17. The number of benzene rings is 1. The van der Waals surface area contributed by atoms with Gasteiger partial charge in [-0.3, -0.25) is 4.79 Å². The number of hydrogen-bond acceptors (Lipinski definition) is 3. The minimum atomic E-state index is -1.11. The molecule has 0 saturated heterocycles. The Morgan fingerprint density at radius 1 is 1.58 bits per heavy atom. The van der Waals surface area contributed by atoms with Crippen molar-refractivity contribution in [1.29, 1.82) is 0 Å². The fraction of sp³-hybridized carbons (Fsp3) is 0.462. The summed E-state index contributed by atoms with van der Waals surface area (Å²) in [5.74, 6) is -1.38. The van der Waals surface area contributed by atoms with Gasteiger partial charge in [0.1, 0.15) is 0 Å². The van der Waals surface area contributed by atoms with Crippen molar-refractivity contribution in [3.63, 3.8) is 0 Å². The highest BCUT2D eigenvalue weighted by atomic mass is 35.5. The van der Waals surface area contributed by atoms with Gasteiger partial charge in [0.25, 0.3) is 5.91 Å². The zero-order chi connectivity index (χ0) is 14.5. The van der Waals surface area contributed by atoms with Crippen LogP contribution in [0.15, 0.2) is 18.2 Å². The van der Waals surface area contributed by atoms with Crippen LogP contribution in [0.5, 0.6) is 0 Å². The zero-order valence-corrected chi connectivity index (χ0v) is 11.6. The van der Waals surface area contributed by atoms with Crippen LogP contribution < -0.4 is 5.32 Å². The first-order chi connectivity index (χ1) is 8.87. The molecule has 0 spiro atoms. The van der Waals surface area contributed by atoms with E-state index < -0.39 is 17.3 Å². The fourth-order valence-corrected chi connectivity index (χ4v) is 1.63. The minimum absolute atomic E-state index is 0.00114. The van der Waals surface area contributed by atoms with Crippen LogP contribution in [0.2, 0.25) is 5.02 Å². The van der Waals surface area contributed by atoms with Gasteiger partial charge in [-0.15, -0.1) is 0 Å². The van der Waals surface area contributed by atoms with Crippen LogP contribution in [-0.2, 0) is 4.74 Å². The summed E-state index contributed by atoms with van der Waals surface area (Å²) in [5, 5.41) is 12.3. The van der Waals surface area contributed by atoms with E-state index in [9.17, 15) is 14.3 Å². The van der Waals surface area contributed by atoms with Crippen LogP contribution in [0, 0.1) is 5.82 Å². The molecule has 0 aliphatic carbocycles. The monoisotopic (exact) mass is 289 g/mol. The predicted molar refractivity (Wildman–Crippen MR) is 70.9 cm³/mol. The molecular weight excluding hydrogens is 273 g/mol. The topological polar surface area (TPSA) is 58.6 Å². The van der Waals surface area contributed by atoms with E-state index in [0.29, 0.717) is 13.0 Å².